The SMILES string of the molecule is C=CCCCCCCCC(=O)NC(C)C(=O)O.Cc1ccc(C#N)cc1. The molecule has 0 heterocycles. The Morgan fingerprint density at radius 3 is 2.31 bits per heavy atom. The molecule has 142 valence electrons. The summed E-state index contributed by atoms with van der Waals surface area (Å²) in [4.78, 5) is 21.8. The van der Waals surface area contributed by atoms with E-state index in [0.717, 1.165) is 37.7 Å². The lowest BCUT2D eigenvalue weighted by atomic mass is 10.1. The third-order valence-corrected chi connectivity index (χ3v) is 3.74. The highest BCUT2D eigenvalue weighted by Gasteiger charge is 2.12. The number of benzene rings is 1. The molecule has 0 fully saturated rings. The lowest BCUT2D eigenvalue weighted by molar-refractivity contribution is -0.141. The summed E-state index contributed by atoms with van der Waals surface area (Å²) in [5, 5.41) is 19.4. The molecule has 2 N–H and O–H groups in total. The van der Waals surface area contributed by atoms with Gasteiger partial charge in [0.1, 0.15) is 6.04 Å². The number of rotatable bonds is 10. The number of aliphatic carboxylic acids is 1. The highest BCUT2D eigenvalue weighted by molar-refractivity contribution is 5.83. The van der Waals surface area contributed by atoms with Crippen molar-refractivity contribution in [3.63, 3.8) is 0 Å². The monoisotopic (exact) mass is 358 g/mol. The van der Waals surface area contributed by atoms with Crippen LogP contribution in [0.25, 0.3) is 0 Å². The van der Waals surface area contributed by atoms with Crippen LogP contribution in [0.3, 0.4) is 0 Å². The van der Waals surface area contributed by atoms with Crippen LogP contribution < -0.4 is 5.32 Å². The van der Waals surface area contributed by atoms with Crippen molar-refractivity contribution in [1.82, 2.24) is 5.32 Å². The van der Waals surface area contributed by atoms with Crippen LogP contribution in [0.2, 0.25) is 0 Å². The van der Waals surface area contributed by atoms with Crippen molar-refractivity contribution in [2.75, 3.05) is 0 Å². The Morgan fingerprint density at radius 1 is 1.19 bits per heavy atom. The average molecular weight is 358 g/mol. The van der Waals surface area contributed by atoms with E-state index < -0.39 is 12.0 Å². The zero-order valence-electron chi connectivity index (χ0n) is 15.8. The number of carboxylic acids is 1. The van der Waals surface area contributed by atoms with Crippen LogP contribution in [0.5, 0.6) is 0 Å². The zero-order valence-corrected chi connectivity index (χ0v) is 15.8. The maximum Gasteiger partial charge on any atom is 0.325 e. The largest absolute Gasteiger partial charge is 0.480 e. The molecule has 1 amide bonds. The maximum absolute atomic E-state index is 11.3. The van der Waals surface area contributed by atoms with E-state index in [2.05, 4.69) is 18.0 Å². The first kappa shape index (κ1) is 23.4. The van der Waals surface area contributed by atoms with Gasteiger partial charge in [-0.2, -0.15) is 5.26 Å². The van der Waals surface area contributed by atoms with Gasteiger partial charge >= 0.3 is 5.97 Å². The lowest BCUT2D eigenvalue weighted by Gasteiger charge is -2.08. The summed E-state index contributed by atoms with van der Waals surface area (Å²) in [6, 6.07) is 8.75. The van der Waals surface area contributed by atoms with Gasteiger partial charge in [0.25, 0.3) is 0 Å². The molecule has 0 aliphatic rings. The second kappa shape index (κ2) is 14.7. The van der Waals surface area contributed by atoms with Crippen molar-refractivity contribution in [2.24, 2.45) is 0 Å². The predicted molar refractivity (Wildman–Crippen MR) is 104 cm³/mol. The van der Waals surface area contributed by atoms with E-state index in [1.807, 2.05) is 37.3 Å². The summed E-state index contributed by atoms with van der Waals surface area (Å²) >= 11 is 0. The Balaban J connectivity index is 0.000000577. The number of nitrogens with one attached hydrogen (secondary N) is 1. The van der Waals surface area contributed by atoms with Crippen LogP contribution in [-0.4, -0.2) is 23.0 Å². The number of nitrogens with zero attached hydrogens (tertiary/aromatic N) is 1. The molecular formula is C21H30N2O3. The molecule has 5 nitrogen and oxygen atoms in total. The Labute approximate surface area is 156 Å². The molecule has 5 heteroatoms. The molecule has 1 aromatic carbocycles. The third kappa shape index (κ3) is 12.8. The van der Waals surface area contributed by atoms with Gasteiger partial charge in [-0.3, -0.25) is 9.59 Å². The number of allylic oxidation sites excluding steroid dienone is 1. The minimum Gasteiger partial charge on any atom is -0.480 e. The van der Waals surface area contributed by atoms with Crippen molar-refractivity contribution < 1.29 is 14.7 Å². The third-order valence-electron chi connectivity index (χ3n) is 3.74. The number of nitriles is 1. The summed E-state index contributed by atoms with van der Waals surface area (Å²) in [5.41, 5.74) is 1.91. The van der Waals surface area contributed by atoms with Crippen molar-refractivity contribution in [3.8, 4) is 6.07 Å². The van der Waals surface area contributed by atoms with Gasteiger partial charge in [0.05, 0.1) is 11.6 Å². The minimum atomic E-state index is -0.997. The van der Waals surface area contributed by atoms with Gasteiger partial charge in [0, 0.05) is 6.42 Å². The maximum atomic E-state index is 11.3. The second-order valence-electron chi connectivity index (χ2n) is 6.20. The van der Waals surface area contributed by atoms with Gasteiger partial charge < -0.3 is 10.4 Å². The fourth-order valence-corrected chi connectivity index (χ4v) is 2.11. The summed E-state index contributed by atoms with van der Waals surface area (Å²) in [5.74, 6) is -1.17. The Bertz CT molecular complexity index is 588. The Morgan fingerprint density at radius 2 is 1.77 bits per heavy atom. The smallest absolute Gasteiger partial charge is 0.325 e. The topological polar surface area (TPSA) is 90.2 Å². The molecule has 1 aromatic rings. The van der Waals surface area contributed by atoms with Crippen LogP contribution >= 0.6 is 0 Å². The highest BCUT2D eigenvalue weighted by Crippen LogP contribution is 2.07. The van der Waals surface area contributed by atoms with E-state index in [9.17, 15) is 9.59 Å². The normalized spacial score (nSPS) is 10.7. The number of carbonyl (C=O) groups is 2. The van der Waals surface area contributed by atoms with Gasteiger partial charge in [-0.25, -0.2) is 0 Å². The summed E-state index contributed by atoms with van der Waals surface area (Å²) in [7, 11) is 0. The van der Waals surface area contributed by atoms with Crippen LogP contribution in [-0.2, 0) is 9.59 Å². The molecule has 26 heavy (non-hydrogen) atoms. The van der Waals surface area contributed by atoms with Crippen LogP contribution in [0.15, 0.2) is 36.9 Å². The molecule has 0 aliphatic heterocycles. The van der Waals surface area contributed by atoms with Crippen molar-refractivity contribution in [1.29, 1.82) is 5.26 Å². The minimum absolute atomic E-state index is 0.175. The molecule has 0 radical (unpaired) electrons. The molecule has 0 saturated heterocycles. The summed E-state index contributed by atoms with van der Waals surface area (Å²) < 4.78 is 0. The van der Waals surface area contributed by atoms with Gasteiger partial charge in [-0.15, -0.1) is 6.58 Å². The van der Waals surface area contributed by atoms with Gasteiger partial charge in [-0.05, 0) is 45.2 Å². The molecular weight excluding hydrogens is 328 g/mol. The molecule has 1 rings (SSSR count). The number of hydrogen-bond donors (Lipinski definition) is 2. The van der Waals surface area contributed by atoms with E-state index in [0.29, 0.717) is 6.42 Å². The first-order chi connectivity index (χ1) is 12.4. The number of amides is 1. The van der Waals surface area contributed by atoms with E-state index in [-0.39, 0.29) is 5.91 Å². The van der Waals surface area contributed by atoms with Crippen LogP contribution in [0.1, 0.15) is 63.0 Å². The van der Waals surface area contributed by atoms with Gasteiger partial charge in [0.2, 0.25) is 5.91 Å². The molecule has 0 bridgehead atoms. The fraction of sp³-hybridized carbons (Fsp3) is 0.476. The Kier molecular flexibility index (Phi) is 13.2. The Hall–Kier alpha value is -2.61. The quantitative estimate of drug-likeness (QED) is 0.480. The number of carboxylic acid groups (broad SMARTS) is 1. The molecule has 0 spiro atoms. The van der Waals surface area contributed by atoms with E-state index in [1.165, 1.54) is 18.9 Å². The van der Waals surface area contributed by atoms with Gasteiger partial charge in [-0.1, -0.05) is 43.0 Å². The molecule has 0 saturated carbocycles. The zero-order chi connectivity index (χ0) is 19.8. The summed E-state index contributed by atoms with van der Waals surface area (Å²) in [6.45, 7) is 7.13. The highest BCUT2D eigenvalue weighted by atomic mass is 16.4. The van der Waals surface area contributed by atoms with Crippen LogP contribution in [0.4, 0.5) is 0 Å². The number of aryl methyl sites for hydroxylation is 1. The summed E-state index contributed by atoms with van der Waals surface area (Å²) in [6.07, 6.45) is 8.68. The van der Waals surface area contributed by atoms with Crippen LogP contribution in [0, 0.1) is 18.3 Å². The van der Waals surface area contributed by atoms with Crippen molar-refractivity contribution in [2.45, 2.75) is 64.8 Å². The lowest BCUT2D eigenvalue weighted by Crippen LogP contribution is -2.38. The van der Waals surface area contributed by atoms with E-state index in [4.69, 9.17) is 10.4 Å². The first-order valence-electron chi connectivity index (χ1n) is 9.00. The molecule has 0 aliphatic carbocycles. The average Bonchev–Trinajstić information content (AvgIpc) is 2.62. The van der Waals surface area contributed by atoms with Gasteiger partial charge in [0.15, 0.2) is 0 Å². The number of unbranched alkanes of at least 4 members (excludes halogenated alkanes) is 5. The molecule has 1 unspecified atom stereocenters. The number of hydrogen-bond acceptors (Lipinski definition) is 3. The van der Waals surface area contributed by atoms with E-state index in [1.54, 1.807) is 0 Å². The van der Waals surface area contributed by atoms with Crippen molar-refractivity contribution >= 4 is 11.9 Å². The first-order valence-corrected chi connectivity index (χ1v) is 9.00. The molecule has 0 aromatic heterocycles. The van der Waals surface area contributed by atoms with Crippen molar-refractivity contribution in [3.05, 3.63) is 48.0 Å². The van der Waals surface area contributed by atoms with E-state index >= 15 is 0 Å². The second-order valence-corrected chi connectivity index (χ2v) is 6.20. The fourth-order valence-electron chi connectivity index (χ4n) is 2.11. The number of carbonyl (C=O) groups excluding carboxylic acids is 1. The standard InChI is InChI=1S/C13H23NO3.C8H7N/c1-3-4-5-6-7-8-9-10-12(15)14-11(2)13(16)17;1-7-2-4-8(6-9)5-3-7/h3,11H,1,4-10H2,2H3,(H,14,15)(H,16,17);2-5H,1H3. The predicted octanol–water partition coefficient (Wildman–Crippen LogP) is 4.36. The molecule has 1 atom stereocenters.